The van der Waals surface area contributed by atoms with Crippen molar-refractivity contribution in [2.24, 2.45) is 0 Å². The van der Waals surface area contributed by atoms with Crippen LogP contribution in [0.1, 0.15) is 22.3 Å². The predicted octanol–water partition coefficient (Wildman–Crippen LogP) is 5.58. The molecule has 0 N–H and O–H groups in total. The zero-order valence-electron chi connectivity index (χ0n) is 11.2. The van der Waals surface area contributed by atoms with Crippen molar-refractivity contribution in [3.63, 3.8) is 0 Å². The van der Waals surface area contributed by atoms with Crippen LogP contribution in [-0.2, 0) is 0 Å². The minimum atomic E-state index is -0.168. The Balaban J connectivity index is 1.89. The van der Waals surface area contributed by atoms with Crippen LogP contribution in [0.25, 0.3) is 11.1 Å². The van der Waals surface area contributed by atoms with Gasteiger partial charge in [-0.3, -0.25) is 0 Å². The topological polar surface area (TPSA) is 13.1 Å². The molecule has 0 aliphatic rings. The first-order valence-corrected chi connectivity index (χ1v) is 7.03. The fourth-order valence-corrected chi connectivity index (χ4v) is 2.68. The highest BCUT2D eigenvalue weighted by atomic mass is 35.5. The van der Waals surface area contributed by atoms with Crippen molar-refractivity contribution in [2.75, 3.05) is 0 Å². The summed E-state index contributed by atoms with van der Waals surface area (Å²) in [5.74, 6) is 0.872. The predicted molar refractivity (Wildman–Crippen MR) is 83.0 cm³/mol. The molecule has 1 heterocycles. The highest BCUT2D eigenvalue weighted by Gasteiger charge is 2.15. The van der Waals surface area contributed by atoms with Crippen LogP contribution in [0.5, 0.6) is 0 Å². The molecular formula is C18H15ClO. The Morgan fingerprint density at radius 1 is 0.850 bits per heavy atom. The minimum absolute atomic E-state index is 0.168. The van der Waals surface area contributed by atoms with Crippen LogP contribution in [-0.4, -0.2) is 0 Å². The molecule has 2 heteroatoms. The molecule has 0 radical (unpaired) electrons. The van der Waals surface area contributed by atoms with Crippen molar-refractivity contribution in [1.82, 2.24) is 0 Å². The lowest BCUT2D eigenvalue weighted by Crippen LogP contribution is -1.93. The van der Waals surface area contributed by atoms with Crippen LogP contribution in [0.4, 0.5) is 0 Å². The highest BCUT2D eigenvalue weighted by Crippen LogP contribution is 2.32. The summed E-state index contributed by atoms with van der Waals surface area (Å²) >= 11 is 6.52. The number of hydrogen-bond acceptors (Lipinski definition) is 1. The molecule has 1 nitrogen and oxygen atoms in total. The third-order valence-corrected chi connectivity index (χ3v) is 3.97. The molecule has 100 valence electrons. The lowest BCUT2D eigenvalue weighted by atomic mass is 10.0. The Labute approximate surface area is 123 Å². The van der Waals surface area contributed by atoms with Gasteiger partial charge in [-0.25, -0.2) is 0 Å². The van der Waals surface area contributed by atoms with Crippen molar-refractivity contribution in [3.05, 3.63) is 83.8 Å². The molecule has 20 heavy (non-hydrogen) atoms. The molecule has 1 atom stereocenters. The van der Waals surface area contributed by atoms with Crippen molar-refractivity contribution in [2.45, 2.75) is 12.3 Å². The summed E-state index contributed by atoms with van der Waals surface area (Å²) in [6, 6.07) is 20.6. The molecule has 0 aliphatic heterocycles. The summed E-state index contributed by atoms with van der Waals surface area (Å²) in [4.78, 5) is 0. The maximum atomic E-state index is 6.52. The SMILES string of the molecule is Cc1occc1C(Cl)c1ccc(-c2ccccc2)cc1. The third kappa shape index (κ3) is 2.50. The average molecular weight is 283 g/mol. The van der Waals surface area contributed by atoms with Gasteiger partial charge < -0.3 is 4.42 Å². The van der Waals surface area contributed by atoms with Gasteiger partial charge in [-0.05, 0) is 29.7 Å². The fraction of sp³-hybridized carbons (Fsp3) is 0.111. The summed E-state index contributed by atoms with van der Waals surface area (Å²) < 4.78 is 5.32. The Morgan fingerprint density at radius 3 is 2.10 bits per heavy atom. The minimum Gasteiger partial charge on any atom is -0.469 e. The molecule has 0 spiro atoms. The van der Waals surface area contributed by atoms with Gasteiger partial charge in [0, 0.05) is 5.56 Å². The molecular weight excluding hydrogens is 268 g/mol. The Hall–Kier alpha value is -1.99. The zero-order chi connectivity index (χ0) is 13.9. The Kier molecular flexibility index (Phi) is 3.62. The van der Waals surface area contributed by atoms with Crippen LogP contribution < -0.4 is 0 Å². The van der Waals surface area contributed by atoms with E-state index < -0.39 is 0 Å². The summed E-state index contributed by atoms with van der Waals surface area (Å²) in [5.41, 5.74) is 4.52. The standard InChI is InChI=1S/C18H15ClO/c1-13-17(11-12-20-13)18(19)16-9-7-15(8-10-16)14-5-3-2-4-6-14/h2-12,18H,1H3. The smallest absolute Gasteiger partial charge is 0.105 e. The number of hydrogen-bond donors (Lipinski definition) is 0. The van der Waals surface area contributed by atoms with Gasteiger partial charge in [0.25, 0.3) is 0 Å². The van der Waals surface area contributed by atoms with E-state index in [0.29, 0.717) is 0 Å². The summed E-state index contributed by atoms with van der Waals surface area (Å²) in [5, 5.41) is -0.168. The second-order valence-electron chi connectivity index (χ2n) is 4.78. The van der Waals surface area contributed by atoms with E-state index in [-0.39, 0.29) is 5.38 Å². The number of aryl methyl sites for hydroxylation is 1. The van der Waals surface area contributed by atoms with Gasteiger partial charge in [0.1, 0.15) is 5.76 Å². The number of halogens is 1. The molecule has 0 aliphatic carbocycles. The van der Waals surface area contributed by atoms with Crippen molar-refractivity contribution in [3.8, 4) is 11.1 Å². The van der Waals surface area contributed by atoms with Crippen LogP contribution in [0.2, 0.25) is 0 Å². The van der Waals surface area contributed by atoms with Crippen LogP contribution in [0.3, 0.4) is 0 Å². The van der Waals surface area contributed by atoms with Gasteiger partial charge in [0.2, 0.25) is 0 Å². The van der Waals surface area contributed by atoms with E-state index in [0.717, 1.165) is 16.9 Å². The van der Waals surface area contributed by atoms with E-state index in [1.165, 1.54) is 11.1 Å². The third-order valence-electron chi connectivity index (χ3n) is 3.48. The maximum absolute atomic E-state index is 6.52. The number of rotatable bonds is 3. The normalized spacial score (nSPS) is 12.3. The van der Waals surface area contributed by atoms with Crippen LogP contribution in [0.15, 0.2) is 71.3 Å². The largest absolute Gasteiger partial charge is 0.469 e. The van der Waals surface area contributed by atoms with Crippen LogP contribution in [0, 0.1) is 6.92 Å². The zero-order valence-corrected chi connectivity index (χ0v) is 12.0. The molecule has 0 fully saturated rings. The monoisotopic (exact) mass is 282 g/mol. The van der Waals surface area contributed by atoms with Gasteiger partial charge >= 0.3 is 0 Å². The molecule has 3 aromatic rings. The Bertz CT molecular complexity index is 683. The first-order valence-electron chi connectivity index (χ1n) is 6.59. The molecule has 0 bridgehead atoms. The van der Waals surface area contributed by atoms with Crippen molar-refractivity contribution >= 4 is 11.6 Å². The van der Waals surface area contributed by atoms with Gasteiger partial charge in [-0.1, -0.05) is 54.6 Å². The average Bonchev–Trinajstić information content (AvgIpc) is 2.94. The van der Waals surface area contributed by atoms with Crippen molar-refractivity contribution < 1.29 is 4.42 Å². The molecule has 1 unspecified atom stereocenters. The number of furan rings is 1. The van der Waals surface area contributed by atoms with Gasteiger partial charge in [-0.15, -0.1) is 11.6 Å². The molecule has 3 rings (SSSR count). The maximum Gasteiger partial charge on any atom is 0.105 e. The summed E-state index contributed by atoms with van der Waals surface area (Å²) in [7, 11) is 0. The van der Waals surface area contributed by atoms with E-state index in [4.69, 9.17) is 16.0 Å². The van der Waals surface area contributed by atoms with Gasteiger partial charge in [0.05, 0.1) is 11.6 Å². The van der Waals surface area contributed by atoms with E-state index in [9.17, 15) is 0 Å². The quantitative estimate of drug-likeness (QED) is 0.571. The molecule has 2 aromatic carbocycles. The molecule has 0 saturated carbocycles. The van der Waals surface area contributed by atoms with Crippen LogP contribution >= 0.6 is 11.6 Å². The van der Waals surface area contributed by atoms with Crippen molar-refractivity contribution in [1.29, 1.82) is 0 Å². The Morgan fingerprint density at radius 2 is 1.50 bits per heavy atom. The second kappa shape index (κ2) is 5.56. The fourth-order valence-electron chi connectivity index (χ4n) is 2.31. The lowest BCUT2D eigenvalue weighted by molar-refractivity contribution is 0.530. The highest BCUT2D eigenvalue weighted by molar-refractivity contribution is 6.22. The van der Waals surface area contributed by atoms with Gasteiger partial charge in [-0.2, -0.15) is 0 Å². The van der Waals surface area contributed by atoms with Gasteiger partial charge in [0.15, 0.2) is 0 Å². The molecule has 1 aromatic heterocycles. The summed E-state index contributed by atoms with van der Waals surface area (Å²) in [6.45, 7) is 1.93. The summed E-state index contributed by atoms with van der Waals surface area (Å²) in [6.07, 6.45) is 1.68. The lowest BCUT2D eigenvalue weighted by Gasteiger charge is -2.10. The number of alkyl halides is 1. The van der Waals surface area contributed by atoms with E-state index in [1.54, 1.807) is 6.26 Å². The van der Waals surface area contributed by atoms with E-state index in [1.807, 2.05) is 31.2 Å². The first kappa shape index (κ1) is 13.0. The van der Waals surface area contributed by atoms with E-state index in [2.05, 4.69) is 36.4 Å². The second-order valence-corrected chi connectivity index (χ2v) is 5.22. The molecule has 0 amide bonds. The molecule has 0 saturated heterocycles. The first-order chi connectivity index (χ1) is 9.75. The van der Waals surface area contributed by atoms with E-state index >= 15 is 0 Å². The number of benzene rings is 2.